The van der Waals surface area contributed by atoms with Crippen LogP contribution in [0.2, 0.25) is 5.15 Å². The predicted octanol–water partition coefficient (Wildman–Crippen LogP) is 3.36. The van der Waals surface area contributed by atoms with Gasteiger partial charge in [-0.05, 0) is 42.7 Å². The number of benzene rings is 1. The standard InChI is InChI=1S/C13H14ClN3/c1-9-3-4-11(7-10(9)2)8-15-13-6-5-12(14)16-17-13/h3-7H,8H2,1-2H3,(H,15,17). The smallest absolute Gasteiger partial charge is 0.151 e. The van der Waals surface area contributed by atoms with Crippen LogP contribution in [-0.4, -0.2) is 10.2 Å². The zero-order chi connectivity index (χ0) is 12.3. The third-order valence-corrected chi connectivity index (χ3v) is 2.88. The van der Waals surface area contributed by atoms with Crippen LogP contribution in [0.4, 0.5) is 5.82 Å². The molecule has 1 heterocycles. The number of rotatable bonds is 3. The Hall–Kier alpha value is -1.61. The van der Waals surface area contributed by atoms with Gasteiger partial charge in [0.2, 0.25) is 0 Å². The van der Waals surface area contributed by atoms with Crippen molar-refractivity contribution in [1.82, 2.24) is 10.2 Å². The third-order valence-electron chi connectivity index (χ3n) is 2.68. The first-order chi connectivity index (χ1) is 8.15. The minimum atomic E-state index is 0.404. The maximum Gasteiger partial charge on any atom is 0.151 e. The molecule has 3 nitrogen and oxygen atoms in total. The normalized spacial score (nSPS) is 10.3. The van der Waals surface area contributed by atoms with Crippen molar-refractivity contribution in [2.75, 3.05) is 5.32 Å². The van der Waals surface area contributed by atoms with E-state index in [0.29, 0.717) is 5.15 Å². The highest BCUT2D eigenvalue weighted by Crippen LogP contribution is 2.12. The van der Waals surface area contributed by atoms with Gasteiger partial charge >= 0.3 is 0 Å². The van der Waals surface area contributed by atoms with Gasteiger partial charge in [0.15, 0.2) is 5.15 Å². The van der Waals surface area contributed by atoms with Crippen molar-refractivity contribution in [3.8, 4) is 0 Å². The van der Waals surface area contributed by atoms with Gasteiger partial charge in [0.05, 0.1) is 0 Å². The Morgan fingerprint density at radius 3 is 2.53 bits per heavy atom. The van der Waals surface area contributed by atoms with E-state index in [2.05, 4.69) is 47.6 Å². The molecule has 2 rings (SSSR count). The Morgan fingerprint density at radius 2 is 1.88 bits per heavy atom. The van der Waals surface area contributed by atoms with Gasteiger partial charge in [-0.25, -0.2) is 0 Å². The fraction of sp³-hybridized carbons (Fsp3) is 0.231. The van der Waals surface area contributed by atoms with E-state index in [-0.39, 0.29) is 0 Å². The predicted molar refractivity (Wildman–Crippen MR) is 70.3 cm³/mol. The quantitative estimate of drug-likeness (QED) is 0.904. The monoisotopic (exact) mass is 247 g/mol. The lowest BCUT2D eigenvalue weighted by Gasteiger charge is -2.07. The Bertz CT molecular complexity index is 509. The molecule has 0 saturated carbocycles. The van der Waals surface area contributed by atoms with E-state index in [9.17, 15) is 0 Å². The third kappa shape index (κ3) is 3.17. The molecule has 0 radical (unpaired) electrons. The van der Waals surface area contributed by atoms with Crippen molar-refractivity contribution >= 4 is 17.4 Å². The SMILES string of the molecule is Cc1ccc(CNc2ccc(Cl)nn2)cc1C. The van der Waals surface area contributed by atoms with E-state index in [1.54, 1.807) is 6.07 Å². The van der Waals surface area contributed by atoms with Crippen LogP contribution < -0.4 is 5.32 Å². The molecular weight excluding hydrogens is 234 g/mol. The van der Waals surface area contributed by atoms with Crippen molar-refractivity contribution in [3.63, 3.8) is 0 Å². The molecule has 0 saturated heterocycles. The summed E-state index contributed by atoms with van der Waals surface area (Å²) in [5.74, 6) is 0.729. The molecule has 1 aromatic heterocycles. The molecule has 0 aliphatic heterocycles. The first kappa shape index (κ1) is 11.9. The van der Waals surface area contributed by atoms with Crippen molar-refractivity contribution in [2.24, 2.45) is 0 Å². The van der Waals surface area contributed by atoms with E-state index in [4.69, 9.17) is 11.6 Å². The summed E-state index contributed by atoms with van der Waals surface area (Å²) in [7, 11) is 0. The van der Waals surface area contributed by atoms with Crippen LogP contribution in [0, 0.1) is 13.8 Å². The van der Waals surface area contributed by atoms with Gasteiger partial charge in [-0.3, -0.25) is 0 Å². The van der Waals surface area contributed by atoms with E-state index in [1.807, 2.05) is 6.07 Å². The molecule has 17 heavy (non-hydrogen) atoms. The van der Waals surface area contributed by atoms with Crippen LogP contribution in [0.5, 0.6) is 0 Å². The highest BCUT2D eigenvalue weighted by atomic mass is 35.5. The molecule has 0 amide bonds. The summed E-state index contributed by atoms with van der Waals surface area (Å²) in [6, 6.07) is 9.94. The Morgan fingerprint density at radius 1 is 1.06 bits per heavy atom. The number of aromatic nitrogens is 2. The second-order valence-corrected chi connectivity index (χ2v) is 4.40. The van der Waals surface area contributed by atoms with Crippen LogP contribution in [0.3, 0.4) is 0 Å². The number of nitrogens with one attached hydrogen (secondary N) is 1. The van der Waals surface area contributed by atoms with Crippen LogP contribution in [0.15, 0.2) is 30.3 Å². The summed E-state index contributed by atoms with van der Waals surface area (Å²) < 4.78 is 0. The minimum Gasteiger partial charge on any atom is -0.365 e. The largest absolute Gasteiger partial charge is 0.365 e. The van der Waals surface area contributed by atoms with Gasteiger partial charge in [0.1, 0.15) is 5.82 Å². The van der Waals surface area contributed by atoms with Gasteiger partial charge in [-0.1, -0.05) is 29.8 Å². The fourth-order valence-electron chi connectivity index (χ4n) is 1.52. The summed E-state index contributed by atoms with van der Waals surface area (Å²) >= 11 is 5.67. The molecule has 0 spiro atoms. The van der Waals surface area contributed by atoms with Crippen LogP contribution in [0.1, 0.15) is 16.7 Å². The van der Waals surface area contributed by atoms with Gasteiger partial charge in [-0.2, -0.15) is 0 Å². The molecule has 0 unspecified atom stereocenters. The van der Waals surface area contributed by atoms with Gasteiger partial charge in [-0.15, -0.1) is 10.2 Å². The number of nitrogens with zero attached hydrogens (tertiary/aromatic N) is 2. The zero-order valence-corrected chi connectivity index (χ0v) is 10.6. The minimum absolute atomic E-state index is 0.404. The second kappa shape index (κ2) is 5.15. The Balaban J connectivity index is 2.02. The topological polar surface area (TPSA) is 37.8 Å². The zero-order valence-electron chi connectivity index (χ0n) is 9.87. The molecule has 0 aliphatic rings. The lowest BCUT2D eigenvalue weighted by molar-refractivity contribution is 0.999. The van der Waals surface area contributed by atoms with Gasteiger partial charge in [0, 0.05) is 6.54 Å². The van der Waals surface area contributed by atoms with E-state index < -0.39 is 0 Å². The van der Waals surface area contributed by atoms with Crippen molar-refractivity contribution in [3.05, 3.63) is 52.2 Å². The summed E-state index contributed by atoms with van der Waals surface area (Å²) in [6.45, 7) is 4.95. The second-order valence-electron chi connectivity index (χ2n) is 4.01. The number of aryl methyl sites for hydroxylation is 2. The molecule has 1 aromatic carbocycles. The fourth-order valence-corrected chi connectivity index (χ4v) is 1.62. The molecule has 0 aliphatic carbocycles. The van der Waals surface area contributed by atoms with Crippen LogP contribution in [-0.2, 0) is 6.54 Å². The summed E-state index contributed by atoms with van der Waals surface area (Å²) in [5.41, 5.74) is 3.83. The number of halogens is 1. The van der Waals surface area contributed by atoms with Crippen molar-refractivity contribution in [1.29, 1.82) is 0 Å². The highest BCUT2D eigenvalue weighted by molar-refractivity contribution is 6.29. The lowest BCUT2D eigenvalue weighted by Crippen LogP contribution is -2.02. The Kier molecular flexibility index (Phi) is 3.59. The Labute approximate surface area is 106 Å². The number of hydrogen-bond donors (Lipinski definition) is 1. The first-order valence-corrected chi connectivity index (χ1v) is 5.82. The highest BCUT2D eigenvalue weighted by Gasteiger charge is 1.98. The molecular formula is C13H14ClN3. The van der Waals surface area contributed by atoms with Crippen LogP contribution >= 0.6 is 11.6 Å². The molecule has 2 aromatic rings. The average Bonchev–Trinajstić information content (AvgIpc) is 2.33. The lowest BCUT2D eigenvalue weighted by atomic mass is 10.1. The van der Waals surface area contributed by atoms with Gasteiger partial charge in [0.25, 0.3) is 0 Å². The average molecular weight is 248 g/mol. The van der Waals surface area contributed by atoms with E-state index in [0.717, 1.165) is 12.4 Å². The summed E-state index contributed by atoms with van der Waals surface area (Å²) in [4.78, 5) is 0. The van der Waals surface area contributed by atoms with Crippen molar-refractivity contribution < 1.29 is 0 Å². The molecule has 88 valence electrons. The summed E-state index contributed by atoms with van der Waals surface area (Å²) in [6.07, 6.45) is 0. The maximum absolute atomic E-state index is 5.67. The van der Waals surface area contributed by atoms with E-state index in [1.165, 1.54) is 16.7 Å². The molecule has 0 atom stereocenters. The number of hydrogen-bond acceptors (Lipinski definition) is 3. The molecule has 1 N–H and O–H groups in total. The van der Waals surface area contributed by atoms with Gasteiger partial charge < -0.3 is 5.32 Å². The molecule has 0 bridgehead atoms. The molecule has 4 heteroatoms. The molecule has 0 fully saturated rings. The first-order valence-electron chi connectivity index (χ1n) is 5.44. The number of anilines is 1. The van der Waals surface area contributed by atoms with Crippen LogP contribution in [0.25, 0.3) is 0 Å². The summed E-state index contributed by atoms with van der Waals surface area (Å²) in [5, 5.41) is 11.3. The maximum atomic E-state index is 5.67. The van der Waals surface area contributed by atoms with Crippen molar-refractivity contribution in [2.45, 2.75) is 20.4 Å². The van der Waals surface area contributed by atoms with E-state index >= 15 is 0 Å².